The zero-order valence-electron chi connectivity index (χ0n) is 13.6. The Morgan fingerprint density at radius 1 is 0.917 bits per heavy atom. The molecule has 0 saturated heterocycles. The molecule has 0 bridgehead atoms. The number of esters is 1. The molecule has 4 rings (SSSR count). The highest BCUT2D eigenvalue weighted by molar-refractivity contribution is 6.04. The predicted molar refractivity (Wildman–Crippen MR) is 93.3 cm³/mol. The molecule has 0 heterocycles. The minimum Gasteiger partial charge on any atom is -0.454 e. The molecule has 3 aromatic carbocycles. The maximum atomic E-state index is 15.0. The number of fused-ring (bicyclic) bond motifs is 2. The van der Waals surface area contributed by atoms with E-state index in [4.69, 9.17) is 4.74 Å². The van der Waals surface area contributed by atoms with E-state index in [-0.39, 0.29) is 11.8 Å². The second-order valence-corrected chi connectivity index (χ2v) is 6.58. The first kappa shape index (κ1) is 15.1. The van der Waals surface area contributed by atoms with Crippen molar-refractivity contribution in [2.24, 2.45) is 0 Å². The lowest BCUT2D eigenvalue weighted by molar-refractivity contribution is -0.157. The lowest BCUT2D eigenvalue weighted by Gasteiger charge is -2.32. The zero-order valence-corrected chi connectivity index (χ0v) is 13.6. The fourth-order valence-corrected chi connectivity index (χ4v) is 4.19. The molecule has 0 amide bonds. The second kappa shape index (κ2) is 5.59. The average molecular weight is 322 g/mol. The number of carbonyl (C=O) groups excluding carboxylic acids is 1. The summed E-state index contributed by atoms with van der Waals surface area (Å²) in [5.41, 5.74) is 0.307. The van der Waals surface area contributed by atoms with E-state index >= 15 is 4.39 Å². The molecule has 1 aliphatic rings. The third kappa shape index (κ3) is 2.19. The molecule has 0 aromatic heterocycles. The molecule has 122 valence electrons. The summed E-state index contributed by atoms with van der Waals surface area (Å²) in [6.45, 7) is 1.45. The molecule has 1 saturated carbocycles. The standard InChI is InChI=1S/C21H19FO2/c1-14(23)24-21(12-6-7-13-21)19-15-8-2-4-10-17(15)20(22)18-11-5-3-9-16(18)19/h2-5,8-11H,6-7,12-13H2,1H3. The van der Waals surface area contributed by atoms with Gasteiger partial charge in [-0.05, 0) is 36.5 Å². The van der Waals surface area contributed by atoms with E-state index in [1.165, 1.54) is 6.92 Å². The van der Waals surface area contributed by atoms with Gasteiger partial charge in [0, 0.05) is 23.3 Å². The van der Waals surface area contributed by atoms with Gasteiger partial charge in [-0.25, -0.2) is 4.39 Å². The van der Waals surface area contributed by atoms with E-state index in [0.717, 1.165) is 42.0 Å². The van der Waals surface area contributed by atoms with Crippen LogP contribution in [0.1, 0.15) is 38.2 Å². The minimum atomic E-state index is -0.654. The van der Waals surface area contributed by atoms with Crippen molar-refractivity contribution >= 4 is 27.5 Å². The highest BCUT2D eigenvalue weighted by atomic mass is 19.1. The molecule has 3 heteroatoms. The summed E-state index contributed by atoms with van der Waals surface area (Å²) in [6.07, 6.45) is 3.58. The van der Waals surface area contributed by atoms with Gasteiger partial charge in [0.1, 0.15) is 11.4 Å². The summed E-state index contributed by atoms with van der Waals surface area (Å²) in [6, 6.07) is 15.0. The Balaban J connectivity index is 2.16. The maximum Gasteiger partial charge on any atom is 0.303 e. The SMILES string of the molecule is CC(=O)OC1(c2c3ccccc3c(F)c3ccccc23)CCCC1. The van der Waals surface area contributed by atoms with Gasteiger partial charge in [-0.2, -0.15) is 0 Å². The third-order valence-corrected chi connectivity index (χ3v) is 5.07. The molecule has 0 atom stereocenters. The average Bonchev–Trinajstić information content (AvgIpc) is 3.03. The van der Waals surface area contributed by atoms with Crippen LogP contribution in [0.5, 0.6) is 0 Å². The molecule has 24 heavy (non-hydrogen) atoms. The Morgan fingerprint density at radius 2 is 1.38 bits per heavy atom. The third-order valence-electron chi connectivity index (χ3n) is 5.07. The van der Waals surface area contributed by atoms with E-state index < -0.39 is 5.60 Å². The van der Waals surface area contributed by atoms with Crippen LogP contribution in [0.3, 0.4) is 0 Å². The van der Waals surface area contributed by atoms with Crippen LogP contribution in [0.15, 0.2) is 48.5 Å². The van der Waals surface area contributed by atoms with Gasteiger partial charge in [0.15, 0.2) is 0 Å². The lowest BCUT2D eigenvalue weighted by Crippen LogP contribution is -2.29. The van der Waals surface area contributed by atoms with Crippen LogP contribution >= 0.6 is 0 Å². The number of halogens is 1. The summed E-state index contributed by atoms with van der Waals surface area (Å²) in [4.78, 5) is 11.8. The van der Waals surface area contributed by atoms with E-state index in [2.05, 4.69) is 0 Å². The lowest BCUT2D eigenvalue weighted by atomic mass is 9.83. The van der Waals surface area contributed by atoms with E-state index in [1.807, 2.05) is 36.4 Å². The molecule has 0 N–H and O–H groups in total. The number of benzene rings is 3. The van der Waals surface area contributed by atoms with Crippen LogP contribution in [0.4, 0.5) is 4.39 Å². The van der Waals surface area contributed by atoms with Gasteiger partial charge in [-0.15, -0.1) is 0 Å². The van der Waals surface area contributed by atoms with Gasteiger partial charge in [-0.3, -0.25) is 4.79 Å². The predicted octanol–water partition coefficient (Wildman–Crippen LogP) is 5.46. The van der Waals surface area contributed by atoms with Crippen LogP contribution in [0.25, 0.3) is 21.5 Å². The van der Waals surface area contributed by atoms with Crippen molar-refractivity contribution in [3.63, 3.8) is 0 Å². The van der Waals surface area contributed by atoms with Crippen molar-refractivity contribution in [3.05, 3.63) is 59.9 Å². The molecular formula is C21H19FO2. The Kier molecular flexibility index (Phi) is 3.52. The largest absolute Gasteiger partial charge is 0.454 e. The van der Waals surface area contributed by atoms with Crippen molar-refractivity contribution < 1.29 is 13.9 Å². The van der Waals surface area contributed by atoms with Crippen LogP contribution < -0.4 is 0 Å². The quantitative estimate of drug-likeness (QED) is 0.462. The Bertz CT molecular complexity index is 882. The van der Waals surface area contributed by atoms with Crippen molar-refractivity contribution in [2.45, 2.75) is 38.2 Å². The normalized spacial score (nSPS) is 16.6. The Labute approximate surface area is 140 Å². The molecular weight excluding hydrogens is 303 g/mol. The molecule has 1 aliphatic carbocycles. The first-order valence-electron chi connectivity index (χ1n) is 8.41. The van der Waals surface area contributed by atoms with Crippen LogP contribution in [0, 0.1) is 5.82 Å². The molecule has 0 spiro atoms. The van der Waals surface area contributed by atoms with Gasteiger partial charge in [0.2, 0.25) is 0 Å². The highest BCUT2D eigenvalue weighted by Gasteiger charge is 2.41. The van der Waals surface area contributed by atoms with Gasteiger partial charge < -0.3 is 4.74 Å². The Hall–Kier alpha value is -2.42. The van der Waals surface area contributed by atoms with Crippen LogP contribution in [-0.2, 0) is 15.1 Å². The van der Waals surface area contributed by atoms with Crippen molar-refractivity contribution in [1.29, 1.82) is 0 Å². The number of carbonyl (C=O) groups is 1. The first-order chi connectivity index (χ1) is 11.6. The van der Waals surface area contributed by atoms with Gasteiger partial charge >= 0.3 is 5.97 Å². The van der Waals surface area contributed by atoms with Crippen molar-refractivity contribution in [2.75, 3.05) is 0 Å². The first-order valence-corrected chi connectivity index (χ1v) is 8.41. The molecule has 0 aliphatic heterocycles. The second-order valence-electron chi connectivity index (χ2n) is 6.58. The number of hydrogen-bond acceptors (Lipinski definition) is 2. The summed E-state index contributed by atoms with van der Waals surface area (Å²) in [5, 5.41) is 2.86. The van der Waals surface area contributed by atoms with Gasteiger partial charge in [0.25, 0.3) is 0 Å². The molecule has 3 aromatic rings. The number of ether oxygens (including phenoxy) is 1. The van der Waals surface area contributed by atoms with Crippen molar-refractivity contribution in [1.82, 2.24) is 0 Å². The smallest absolute Gasteiger partial charge is 0.303 e. The fourth-order valence-electron chi connectivity index (χ4n) is 4.19. The zero-order chi connectivity index (χ0) is 16.7. The minimum absolute atomic E-state index is 0.207. The van der Waals surface area contributed by atoms with Gasteiger partial charge in [-0.1, -0.05) is 48.5 Å². The van der Waals surface area contributed by atoms with E-state index in [9.17, 15) is 4.79 Å². The number of hydrogen-bond donors (Lipinski definition) is 0. The molecule has 0 unspecified atom stereocenters. The molecule has 0 radical (unpaired) electrons. The fraction of sp³-hybridized carbons (Fsp3) is 0.286. The summed E-state index contributed by atoms with van der Waals surface area (Å²) >= 11 is 0. The van der Waals surface area contributed by atoms with E-state index in [0.29, 0.717) is 10.8 Å². The van der Waals surface area contributed by atoms with Crippen LogP contribution in [0.2, 0.25) is 0 Å². The van der Waals surface area contributed by atoms with Gasteiger partial charge in [0.05, 0.1) is 0 Å². The summed E-state index contributed by atoms with van der Waals surface area (Å²) in [7, 11) is 0. The number of rotatable bonds is 2. The highest BCUT2D eigenvalue weighted by Crippen LogP contribution is 2.48. The summed E-state index contributed by atoms with van der Waals surface area (Å²) < 4.78 is 20.9. The van der Waals surface area contributed by atoms with Crippen LogP contribution in [-0.4, -0.2) is 5.97 Å². The maximum absolute atomic E-state index is 15.0. The monoisotopic (exact) mass is 322 g/mol. The van der Waals surface area contributed by atoms with E-state index in [1.54, 1.807) is 12.1 Å². The van der Waals surface area contributed by atoms with Crippen molar-refractivity contribution in [3.8, 4) is 0 Å². The summed E-state index contributed by atoms with van der Waals surface area (Å²) in [5.74, 6) is -0.490. The molecule has 1 fully saturated rings. The molecule has 2 nitrogen and oxygen atoms in total. The Morgan fingerprint density at radius 3 is 1.83 bits per heavy atom. The topological polar surface area (TPSA) is 26.3 Å².